The molecular weight excluding hydrogens is 579 g/mol. The predicted octanol–water partition coefficient (Wildman–Crippen LogP) is 4.08. The van der Waals surface area contributed by atoms with Gasteiger partial charge in [0.05, 0.1) is 42.4 Å². The number of rotatable bonds is 6. The van der Waals surface area contributed by atoms with Crippen LogP contribution in [0.1, 0.15) is 61.7 Å². The van der Waals surface area contributed by atoms with Crippen LogP contribution in [-0.4, -0.2) is 76.0 Å². The molecule has 2 saturated heterocycles. The SMILES string of the molecule is Cc1c(Cc2c(CNC(=O)C3CCCN3C(=O)OC(C)(C)C)nc3c(N)cc(N4CCOCC4)nn23)cccc1C(F)(F)F. The summed E-state index contributed by atoms with van der Waals surface area (Å²) in [7, 11) is 0. The van der Waals surface area contributed by atoms with Gasteiger partial charge in [0.25, 0.3) is 0 Å². The van der Waals surface area contributed by atoms with Gasteiger partial charge in [0, 0.05) is 32.1 Å². The highest BCUT2D eigenvalue weighted by Gasteiger charge is 2.37. The number of amides is 2. The maximum absolute atomic E-state index is 13.7. The Hall–Kier alpha value is -4.07. The zero-order valence-corrected chi connectivity index (χ0v) is 25.3. The Balaban J connectivity index is 1.48. The molecule has 44 heavy (non-hydrogen) atoms. The van der Waals surface area contributed by atoms with Gasteiger partial charge in [-0.15, -0.1) is 5.10 Å². The van der Waals surface area contributed by atoms with Crippen molar-refractivity contribution in [3.8, 4) is 0 Å². The molecule has 0 radical (unpaired) electrons. The first-order valence-electron chi connectivity index (χ1n) is 14.7. The summed E-state index contributed by atoms with van der Waals surface area (Å²) in [6, 6.07) is 5.07. The third-order valence-corrected chi connectivity index (χ3v) is 7.83. The fourth-order valence-corrected chi connectivity index (χ4v) is 5.61. The molecule has 2 aliphatic rings. The van der Waals surface area contributed by atoms with Gasteiger partial charge in [-0.1, -0.05) is 12.1 Å². The normalized spacial score (nSPS) is 17.8. The number of benzene rings is 1. The minimum Gasteiger partial charge on any atom is -0.444 e. The molecule has 4 heterocycles. The largest absolute Gasteiger partial charge is 0.444 e. The molecule has 0 spiro atoms. The molecule has 1 atom stereocenters. The molecule has 11 nitrogen and oxygen atoms in total. The number of nitrogen functional groups attached to an aromatic ring is 1. The minimum absolute atomic E-state index is 0.0411. The topological polar surface area (TPSA) is 127 Å². The number of alkyl halides is 3. The second-order valence-electron chi connectivity index (χ2n) is 12.1. The first-order valence-corrected chi connectivity index (χ1v) is 14.7. The Morgan fingerprint density at radius 3 is 2.57 bits per heavy atom. The summed E-state index contributed by atoms with van der Waals surface area (Å²) in [5.74, 6) is 0.216. The number of carbonyl (C=O) groups excluding carboxylic acids is 2. The zero-order valence-electron chi connectivity index (χ0n) is 25.3. The first-order chi connectivity index (χ1) is 20.7. The lowest BCUT2D eigenvalue weighted by atomic mass is 9.98. The molecule has 3 N–H and O–H groups in total. The van der Waals surface area contributed by atoms with Crippen molar-refractivity contribution < 1.29 is 32.2 Å². The van der Waals surface area contributed by atoms with Crippen molar-refractivity contribution in [2.24, 2.45) is 0 Å². The van der Waals surface area contributed by atoms with Gasteiger partial charge in [0.2, 0.25) is 5.91 Å². The monoisotopic (exact) mass is 617 g/mol. The molecule has 2 aliphatic heterocycles. The summed E-state index contributed by atoms with van der Waals surface area (Å²) in [4.78, 5) is 34.2. The molecule has 2 aromatic heterocycles. The number of hydrogen-bond donors (Lipinski definition) is 2. The summed E-state index contributed by atoms with van der Waals surface area (Å²) in [6.07, 6.45) is -3.88. The fraction of sp³-hybridized carbons (Fsp3) is 0.533. The fourth-order valence-electron chi connectivity index (χ4n) is 5.61. The van der Waals surface area contributed by atoms with Gasteiger partial charge in [-0.2, -0.15) is 13.2 Å². The van der Waals surface area contributed by atoms with Gasteiger partial charge in [-0.05, 0) is 57.7 Å². The van der Waals surface area contributed by atoms with Crippen LogP contribution in [0, 0.1) is 6.92 Å². The Labute approximate surface area is 253 Å². The molecule has 14 heteroatoms. The summed E-state index contributed by atoms with van der Waals surface area (Å²) in [5.41, 5.74) is 7.14. The van der Waals surface area contributed by atoms with E-state index in [0.717, 1.165) is 6.07 Å². The van der Waals surface area contributed by atoms with Gasteiger partial charge in [-0.3, -0.25) is 9.69 Å². The average molecular weight is 618 g/mol. The Morgan fingerprint density at radius 1 is 1.16 bits per heavy atom. The van der Waals surface area contributed by atoms with E-state index in [1.807, 2.05) is 4.90 Å². The van der Waals surface area contributed by atoms with E-state index in [9.17, 15) is 22.8 Å². The quantitative estimate of drug-likeness (QED) is 0.424. The number of hydrogen-bond acceptors (Lipinski definition) is 8. The van der Waals surface area contributed by atoms with E-state index >= 15 is 0 Å². The molecular formula is C30H38F3N7O4. The van der Waals surface area contributed by atoms with Gasteiger partial charge in [-0.25, -0.2) is 14.3 Å². The molecule has 2 fully saturated rings. The summed E-state index contributed by atoms with van der Waals surface area (Å²) in [6.45, 7) is 9.34. The van der Waals surface area contributed by atoms with E-state index < -0.39 is 29.5 Å². The number of fused-ring (bicyclic) bond motifs is 1. The second kappa shape index (κ2) is 12.1. The number of nitrogens with zero attached hydrogens (tertiary/aromatic N) is 5. The number of halogens is 3. The van der Waals surface area contributed by atoms with Crippen molar-refractivity contribution in [2.75, 3.05) is 43.5 Å². The third kappa shape index (κ3) is 6.69. The standard InChI is InChI=1S/C30H38F3N7O4/c1-18-19(7-5-8-20(18)30(31,32)33)15-24-22(17-35-27(41)23-9-6-10-39(23)28(42)44-29(2,3)4)36-26-21(34)16-25(37-40(24)26)38-11-13-43-14-12-38/h5,7-8,16,23H,6,9-15,17,34H2,1-4H3,(H,35,41). The smallest absolute Gasteiger partial charge is 0.416 e. The summed E-state index contributed by atoms with van der Waals surface area (Å²) >= 11 is 0. The van der Waals surface area contributed by atoms with Crippen molar-refractivity contribution in [2.45, 2.75) is 71.3 Å². The van der Waals surface area contributed by atoms with Gasteiger partial charge >= 0.3 is 12.3 Å². The van der Waals surface area contributed by atoms with Crippen LogP contribution in [-0.2, 0) is 33.4 Å². The predicted molar refractivity (Wildman–Crippen MR) is 157 cm³/mol. The maximum Gasteiger partial charge on any atom is 0.416 e. The maximum atomic E-state index is 13.7. The molecule has 1 aromatic carbocycles. The Kier molecular flexibility index (Phi) is 8.65. The van der Waals surface area contributed by atoms with Crippen LogP contribution in [0.5, 0.6) is 0 Å². The van der Waals surface area contributed by atoms with Crippen LogP contribution in [0.2, 0.25) is 0 Å². The molecule has 2 amide bonds. The number of nitrogens with one attached hydrogen (secondary N) is 1. The van der Waals surface area contributed by atoms with Crippen LogP contribution in [0.15, 0.2) is 24.3 Å². The van der Waals surface area contributed by atoms with Crippen molar-refractivity contribution in [3.05, 3.63) is 52.3 Å². The second-order valence-corrected chi connectivity index (χ2v) is 12.1. The number of anilines is 2. The minimum atomic E-state index is -4.51. The number of ether oxygens (including phenoxy) is 2. The van der Waals surface area contributed by atoms with E-state index in [2.05, 4.69) is 10.3 Å². The Morgan fingerprint density at radius 2 is 1.89 bits per heavy atom. The van der Waals surface area contributed by atoms with Crippen LogP contribution in [0.25, 0.3) is 5.65 Å². The van der Waals surface area contributed by atoms with Gasteiger partial charge in [0.15, 0.2) is 11.5 Å². The van der Waals surface area contributed by atoms with E-state index in [1.54, 1.807) is 37.4 Å². The summed E-state index contributed by atoms with van der Waals surface area (Å²) in [5, 5.41) is 7.68. The van der Waals surface area contributed by atoms with E-state index in [1.165, 1.54) is 17.9 Å². The number of nitrogens with two attached hydrogens (primary N) is 1. The number of aromatic nitrogens is 3. The molecule has 0 aliphatic carbocycles. The molecule has 5 rings (SSSR count). The highest BCUT2D eigenvalue weighted by Crippen LogP contribution is 2.34. The summed E-state index contributed by atoms with van der Waals surface area (Å²) < 4.78 is 53.7. The first kappa shape index (κ1) is 31.4. The van der Waals surface area contributed by atoms with Gasteiger partial charge in [0.1, 0.15) is 11.6 Å². The number of likely N-dealkylation sites (tertiary alicyclic amines) is 1. The molecule has 0 bridgehead atoms. The molecule has 3 aromatic rings. The molecule has 238 valence electrons. The van der Waals surface area contributed by atoms with Crippen molar-refractivity contribution in [1.82, 2.24) is 24.8 Å². The average Bonchev–Trinajstić information content (AvgIpc) is 3.58. The van der Waals surface area contributed by atoms with E-state index in [4.69, 9.17) is 20.3 Å². The molecule has 1 unspecified atom stereocenters. The van der Waals surface area contributed by atoms with Crippen LogP contribution in [0.3, 0.4) is 0 Å². The zero-order chi connectivity index (χ0) is 31.8. The van der Waals surface area contributed by atoms with E-state index in [0.29, 0.717) is 79.8 Å². The van der Waals surface area contributed by atoms with Gasteiger partial charge < -0.3 is 25.4 Å². The van der Waals surface area contributed by atoms with Crippen LogP contribution in [0.4, 0.5) is 29.5 Å². The highest BCUT2D eigenvalue weighted by molar-refractivity contribution is 5.86. The van der Waals surface area contributed by atoms with Crippen molar-refractivity contribution >= 4 is 29.2 Å². The van der Waals surface area contributed by atoms with Crippen LogP contribution >= 0.6 is 0 Å². The highest BCUT2D eigenvalue weighted by atomic mass is 19.4. The molecule has 0 saturated carbocycles. The van der Waals surface area contributed by atoms with Crippen molar-refractivity contribution in [1.29, 1.82) is 0 Å². The van der Waals surface area contributed by atoms with Crippen LogP contribution < -0.4 is 16.0 Å². The number of carbonyl (C=O) groups is 2. The Bertz CT molecular complexity index is 1540. The lowest BCUT2D eigenvalue weighted by Crippen LogP contribution is -2.47. The lowest BCUT2D eigenvalue weighted by Gasteiger charge is -2.28. The third-order valence-electron chi connectivity index (χ3n) is 7.83. The lowest BCUT2D eigenvalue weighted by molar-refractivity contribution is -0.138. The number of imidazole rings is 1. The van der Waals surface area contributed by atoms with E-state index in [-0.39, 0.29) is 24.4 Å². The van der Waals surface area contributed by atoms with Crippen molar-refractivity contribution in [3.63, 3.8) is 0 Å². The number of morpholine rings is 1.